The third-order valence-electron chi connectivity index (χ3n) is 5.06. The van der Waals surface area contributed by atoms with E-state index in [1.54, 1.807) is 0 Å². The second-order valence-electron chi connectivity index (χ2n) is 7.04. The summed E-state index contributed by atoms with van der Waals surface area (Å²) in [5.41, 5.74) is 3.06. The Kier molecular flexibility index (Phi) is 3.10. The van der Waals surface area contributed by atoms with Gasteiger partial charge in [0.2, 0.25) is 0 Å². The van der Waals surface area contributed by atoms with Crippen molar-refractivity contribution in [3.63, 3.8) is 0 Å². The molecule has 4 N–H and O–H groups in total. The molecule has 5 aromatic rings. The lowest BCUT2D eigenvalue weighted by atomic mass is 10.2. The predicted octanol–water partition coefficient (Wildman–Crippen LogP) is 1.18. The van der Waals surface area contributed by atoms with Crippen LogP contribution in [0.1, 0.15) is 22.9 Å². The Bertz CT molecular complexity index is 1450. The van der Waals surface area contributed by atoms with Crippen LogP contribution in [0.15, 0.2) is 54.7 Å². The van der Waals surface area contributed by atoms with Gasteiger partial charge in [-0.2, -0.15) is 0 Å². The Morgan fingerprint density at radius 3 is 2.00 bits per heavy atom. The Morgan fingerprint density at radius 1 is 0.536 bits per heavy atom. The summed E-state index contributed by atoms with van der Waals surface area (Å²) >= 11 is 0. The van der Waals surface area contributed by atoms with E-state index in [9.17, 15) is 0 Å². The van der Waals surface area contributed by atoms with Gasteiger partial charge in [-0.3, -0.25) is 0 Å². The highest BCUT2D eigenvalue weighted by molar-refractivity contribution is 5.85. The molecule has 0 amide bonds. The maximum Gasteiger partial charge on any atom is 0.132 e. The zero-order valence-electron chi connectivity index (χ0n) is 15.0. The summed E-state index contributed by atoms with van der Waals surface area (Å²) in [4.78, 5) is 18.3. The fraction of sp³-hybridized carbons (Fsp3) is 0. The van der Waals surface area contributed by atoms with E-state index in [1.165, 1.54) is 10.8 Å². The van der Waals surface area contributed by atoms with Crippen LogP contribution in [0, 0.1) is 0 Å². The molecule has 0 spiro atoms. The van der Waals surface area contributed by atoms with Crippen molar-refractivity contribution in [1.29, 1.82) is 0 Å². The summed E-state index contributed by atoms with van der Waals surface area (Å²) in [7, 11) is 0. The van der Waals surface area contributed by atoms with Gasteiger partial charge in [0, 0.05) is 44.3 Å². The first-order chi connectivity index (χ1) is 13.8. The number of hydrogen-bond donors (Lipinski definition) is 4. The van der Waals surface area contributed by atoms with E-state index in [4.69, 9.17) is 0 Å². The molecule has 6 rings (SSSR count). The average molecular weight is 363 g/mol. The molecule has 0 unspecified atom stereocenters. The Labute approximate surface area is 159 Å². The first-order valence-electron chi connectivity index (χ1n) is 9.23. The molecule has 0 radical (unpaired) electrons. The highest BCUT2D eigenvalue weighted by Crippen LogP contribution is 2.08. The minimum absolute atomic E-state index is 0.817. The SMILES string of the molecule is C1=c2ccc([nH]2)=Cc2cnc([nH]2)C=c2[nH]c(c3ccccc23)=Cc2ccc1[nH]2. The van der Waals surface area contributed by atoms with E-state index < -0.39 is 0 Å². The smallest absolute Gasteiger partial charge is 0.132 e. The summed E-state index contributed by atoms with van der Waals surface area (Å²) in [5, 5.41) is 6.54. The zero-order chi connectivity index (χ0) is 18.5. The third-order valence-corrected chi connectivity index (χ3v) is 5.06. The van der Waals surface area contributed by atoms with Crippen molar-refractivity contribution in [3.05, 3.63) is 99.0 Å². The van der Waals surface area contributed by atoms with Crippen LogP contribution >= 0.6 is 0 Å². The van der Waals surface area contributed by atoms with Crippen LogP contribution in [-0.2, 0) is 0 Å². The molecule has 8 bridgehead atoms. The van der Waals surface area contributed by atoms with Crippen LogP contribution in [0.5, 0.6) is 0 Å². The maximum atomic E-state index is 4.52. The molecule has 5 heterocycles. The number of nitrogens with one attached hydrogen (secondary N) is 4. The van der Waals surface area contributed by atoms with Crippen LogP contribution in [0.3, 0.4) is 0 Å². The van der Waals surface area contributed by atoms with Crippen molar-refractivity contribution >= 4 is 35.1 Å². The topological polar surface area (TPSA) is 76.0 Å². The number of nitrogens with zero attached hydrogens (tertiary/aromatic N) is 1. The van der Waals surface area contributed by atoms with E-state index in [2.05, 4.69) is 97.8 Å². The van der Waals surface area contributed by atoms with Crippen molar-refractivity contribution in [1.82, 2.24) is 24.9 Å². The van der Waals surface area contributed by atoms with Gasteiger partial charge in [-0.15, -0.1) is 0 Å². The molecule has 134 valence electrons. The zero-order valence-corrected chi connectivity index (χ0v) is 15.0. The number of fused-ring (bicyclic) bond motifs is 11. The highest BCUT2D eigenvalue weighted by Gasteiger charge is 2.03. The fourth-order valence-electron chi connectivity index (χ4n) is 3.78. The Balaban J connectivity index is 1.71. The van der Waals surface area contributed by atoms with Gasteiger partial charge in [0.05, 0.1) is 17.2 Å². The Morgan fingerprint density at radius 2 is 1.21 bits per heavy atom. The van der Waals surface area contributed by atoms with E-state index >= 15 is 0 Å². The van der Waals surface area contributed by atoms with E-state index in [1.807, 2.05) is 6.20 Å². The van der Waals surface area contributed by atoms with Crippen LogP contribution in [0.2, 0.25) is 0 Å². The molecular weight excluding hydrogens is 346 g/mol. The van der Waals surface area contributed by atoms with Gasteiger partial charge in [0.25, 0.3) is 0 Å². The van der Waals surface area contributed by atoms with Crippen molar-refractivity contribution < 1.29 is 0 Å². The van der Waals surface area contributed by atoms with Gasteiger partial charge >= 0.3 is 0 Å². The highest BCUT2D eigenvalue weighted by atomic mass is 14.9. The quantitative estimate of drug-likeness (QED) is 0.321. The monoisotopic (exact) mass is 363 g/mol. The summed E-state index contributed by atoms with van der Waals surface area (Å²) in [5.74, 6) is 0.817. The molecule has 1 aliphatic heterocycles. The van der Waals surface area contributed by atoms with Crippen molar-refractivity contribution in [2.45, 2.75) is 0 Å². The van der Waals surface area contributed by atoms with Crippen molar-refractivity contribution in [2.75, 3.05) is 0 Å². The number of imidazole rings is 1. The molecule has 0 fully saturated rings. The first-order valence-corrected chi connectivity index (χ1v) is 9.23. The van der Waals surface area contributed by atoms with Gasteiger partial charge in [-0.05, 0) is 42.5 Å². The molecular formula is C23H17N5. The number of aromatic nitrogens is 5. The van der Waals surface area contributed by atoms with Crippen LogP contribution in [0.4, 0.5) is 0 Å². The number of hydrogen-bond acceptors (Lipinski definition) is 1. The summed E-state index contributed by atoms with van der Waals surface area (Å²) in [6, 6.07) is 16.7. The number of H-pyrrole nitrogens is 4. The Hall–Kier alpha value is -3.99. The first kappa shape index (κ1) is 15.1. The van der Waals surface area contributed by atoms with Gasteiger partial charge in [0.1, 0.15) is 5.82 Å². The van der Waals surface area contributed by atoms with Crippen molar-refractivity contribution in [3.8, 4) is 0 Å². The van der Waals surface area contributed by atoms with E-state index in [0.29, 0.717) is 0 Å². The largest absolute Gasteiger partial charge is 0.355 e. The second kappa shape index (κ2) is 5.76. The van der Waals surface area contributed by atoms with Gasteiger partial charge in [0.15, 0.2) is 0 Å². The molecule has 28 heavy (non-hydrogen) atoms. The standard InChI is InChI=1S/C23H17N5/c1-2-4-20-19(3-1)21-11-17-8-7-15(26-17)9-14-5-6-16(25-14)10-18-13-24-23(27-18)12-22(20)28-21/h1-13,25-26,28H,(H,24,27). The minimum Gasteiger partial charge on any atom is -0.355 e. The summed E-state index contributed by atoms with van der Waals surface area (Å²) < 4.78 is 0. The van der Waals surface area contributed by atoms with Gasteiger partial charge in [-0.1, -0.05) is 24.3 Å². The summed E-state index contributed by atoms with van der Waals surface area (Å²) in [6.45, 7) is 0. The molecule has 0 aliphatic carbocycles. The lowest BCUT2D eigenvalue weighted by Crippen LogP contribution is -2.11. The second-order valence-corrected chi connectivity index (χ2v) is 7.04. The number of aromatic amines is 4. The molecule has 1 aromatic carbocycles. The molecule has 5 nitrogen and oxygen atoms in total. The molecule has 0 saturated heterocycles. The summed E-state index contributed by atoms with van der Waals surface area (Å²) in [6.07, 6.45) is 10.2. The lowest BCUT2D eigenvalue weighted by Gasteiger charge is -1.89. The van der Waals surface area contributed by atoms with Crippen LogP contribution in [-0.4, -0.2) is 24.9 Å². The molecule has 4 aromatic heterocycles. The molecule has 1 aliphatic rings. The normalized spacial score (nSPS) is 12.7. The average Bonchev–Trinajstić information content (AvgIpc) is 3.47. The molecule has 0 atom stereocenters. The maximum absolute atomic E-state index is 4.52. The number of benzene rings is 1. The minimum atomic E-state index is 0.817. The van der Waals surface area contributed by atoms with Crippen molar-refractivity contribution in [2.24, 2.45) is 0 Å². The van der Waals surface area contributed by atoms with Gasteiger partial charge < -0.3 is 19.9 Å². The van der Waals surface area contributed by atoms with E-state index in [0.717, 1.165) is 44.3 Å². The third kappa shape index (κ3) is 2.53. The fourth-order valence-corrected chi connectivity index (χ4v) is 3.78. The predicted molar refractivity (Wildman–Crippen MR) is 111 cm³/mol. The molecule has 0 saturated carbocycles. The lowest BCUT2D eigenvalue weighted by molar-refractivity contribution is 1.21. The van der Waals surface area contributed by atoms with Crippen LogP contribution < -0.4 is 21.4 Å². The number of rotatable bonds is 0. The molecule has 5 heteroatoms. The van der Waals surface area contributed by atoms with E-state index in [-0.39, 0.29) is 0 Å². The van der Waals surface area contributed by atoms with Crippen LogP contribution in [0.25, 0.3) is 35.1 Å². The van der Waals surface area contributed by atoms with Gasteiger partial charge in [-0.25, -0.2) is 4.98 Å².